The van der Waals surface area contributed by atoms with Gasteiger partial charge < -0.3 is 4.90 Å². The molecule has 0 aliphatic carbocycles. The molecular formula is C11H16FN3O4S2. The normalized spacial score (nSPS) is 18.8. The predicted molar refractivity (Wildman–Crippen MR) is 74.1 cm³/mol. The van der Waals surface area contributed by atoms with Crippen molar-refractivity contribution in [2.45, 2.75) is 9.79 Å². The smallest absolute Gasteiger partial charge is 0.304 e. The molecule has 1 aromatic rings. The molecule has 1 aliphatic rings. The molecule has 21 heavy (non-hydrogen) atoms. The van der Waals surface area contributed by atoms with Gasteiger partial charge in [-0.1, -0.05) is 6.07 Å². The van der Waals surface area contributed by atoms with Crippen molar-refractivity contribution in [2.24, 2.45) is 0 Å². The fourth-order valence-corrected chi connectivity index (χ4v) is 3.66. The van der Waals surface area contributed by atoms with Gasteiger partial charge in [-0.2, -0.15) is 8.42 Å². The maximum atomic E-state index is 12.9. The van der Waals surface area contributed by atoms with Gasteiger partial charge in [0.15, 0.2) is 0 Å². The molecular weight excluding hydrogens is 321 g/mol. The molecule has 0 radical (unpaired) electrons. The number of halogens is 1. The van der Waals surface area contributed by atoms with Gasteiger partial charge in [0, 0.05) is 26.2 Å². The molecule has 0 saturated carbocycles. The van der Waals surface area contributed by atoms with Crippen LogP contribution in [-0.2, 0) is 20.2 Å². The molecule has 0 atom stereocenters. The molecule has 10 heteroatoms. The molecule has 2 rings (SSSR count). The minimum Gasteiger partial charge on any atom is -0.304 e. The predicted octanol–water partition coefficient (Wildman–Crippen LogP) is -0.214. The van der Waals surface area contributed by atoms with Crippen LogP contribution in [0.4, 0.5) is 3.89 Å². The second-order valence-electron chi connectivity index (χ2n) is 4.80. The Labute approximate surface area is 123 Å². The highest BCUT2D eigenvalue weighted by Crippen LogP contribution is 2.17. The molecule has 1 heterocycles. The molecule has 0 spiro atoms. The van der Waals surface area contributed by atoms with E-state index in [4.69, 9.17) is 0 Å². The lowest BCUT2D eigenvalue weighted by Gasteiger charge is -2.32. The van der Waals surface area contributed by atoms with Gasteiger partial charge in [0.25, 0.3) is 10.0 Å². The summed E-state index contributed by atoms with van der Waals surface area (Å²) in [7, 11) is -6.94. The standard InChI is InChI=1S/C11H16FN3O4S2/c1-14-5-7-15(8-6-14)13-21(18,19)11-4-2-3-10(9-11)20(12,16)17/h2-4,9,13H,5-8H2,1H3. The highest BCUT2D eigenvalue weighted by Gasteiger charge is 2.23. The Bertz CT molecular complexity index is 713. The van der Waals surface area contributed by atoms with Crippen molar-refractivity contribution in [3.05, 3.63) is 24.3 Å². The van der Waals surface area contributed by atoms with Crippen molar-refractivity contribution in [1.29, 1.82) is 0 Å². The molecule has 7 nitrogen and oxygen atoms in total. The van der Waals surface area contributed by atoms with E-state index in [1.807, 2.05) is 7.05 Å². The Balaban J connectivity index is 2.20. The van der Waals surface area contributed by atoms with E-state index in [0.717, 1.165) is 12.1 Å². The van der Waals surface area contributed by atoms with E-state index in [9.17, 15) is 20.7 Å². The Morgan fingerprint density at radius 2 is 1.62 bits per heavy atom. The van der Waals surface area contributed by atoms with Crippen molar-refractivity contribution >= 4 is 20.2 Å². The summed E-state index contributed by atoms with van der Waals surface area (Å²) in [5, 5.41) is 1.53. The highest BCUT2D eigenvalue weighted by molar-refractivity contribution is 7.89. The van der Waals surface area contributed by atoms with Gasteiger partial charge in [-0.05, 0) is 25.2 Å². The van der Waals surface area contributed by atoms with Crippen LogP contribution in [0.3, 0.4) is 0 Å². The summed E-state index contributed by atoms with van der Waals surface area (Å²) in [6.07, 6.45) is 0. The van der Waals surface area contributed by atoms with Crippen LogP contribution in [-0.4, -0.2) is 60.0 Å². The maximum absolute atomic E-state index is 12.9. The van der Waals surface area contributed by atoms with Gasteiger partial charge in [-0.25, -0.2) is 13.4 Å². The van der Waals surface area contributed by atoms with Gasteiger partial charge in [0.05, 0.1) is 9.79 Å². The van der Waals surface area contributed by atoms with Gasteiger partial charge in [-0.15, -0.1) is 8.72 Å². The Kier molecular flexibility index (Phi) is 4.63. The lowest BCUT2D eigenvalue weighted by molar-refractivity contribution is 0.135. The topological polar surface area (TPSA) is 86.8 Å². The molecule has 1 aliphatic heterocycles. The zero-order valence-corrected chi connectivity index (χ0v) is 13.0. The summed E-state index contributed by atoms with van der Waals surface area (Å²) >= 11 is 0. The van der Waals surface area contributed by atoms with Crippen LogP contribution in [0.5, 0.6) is 0 Å². The van der Waals surface area contributed by atoms with Gasteiger partial charge in [0.2, 0.25) is 0 Å². The second kappa shape index (κ2) is 5.97. The molecule has 1 fully saturated rings. The number of hydrazine groups is 1. The Morgan fingerprint density at radius 3 is 2.19 bits per heavy atom. The average molecular weight is 337 g/mol. The average Bonchev–Trinajstić information content (AvgIpc) is 2.40. The van der Waals surface area contributed by atoms with Crippen molar-refractivity contribution in [3.8, 4) is 0 Å². The molecule has 0 amide bonds. The van der Waals surface area contributed by atoms with E-state index in [-0.39, 0.29) is 4.90 Å². The minimum atomic E-state index is -4.94. The highest BCUT2D eigenvalue weighted by atomic mass is 32.3. The molecule has 118 valence electrons. The third-order valence-electron chi connectivity index (χ3n) is 3.15. The van der Waals surface area contributed by atoms with Crippen LogP contribution in [0.25, 0.3) is 0 Å². The summed E-state index contributed by atoms with van der Waals surface area (Å²) in [5.41, 5.74) is 0. The number of nitrogens with one attached hydrogen (secondary N) is 1. The zero-order chi connectivity index (χ0) is 15.7. The van der Waals surface area contributed by atoms with E-state index in [0.29, 0.717) is 26.2 Å². The molecule has 0 bridgehead atoms. The first-order valence-corrected chi connectivity index (χ1v) is 9.06. The van der Waals surface area contributed by atoms with Crippen LogP contribution in [0.1, 0.15) is 0 Å². The van der Waals surface area contributed by atoms with Crippen LogP contribution in [0.2, 0.25) is 0 Å². The first kappa shape index (κ1) is 16.3. The monoisotopic (exact) mass is 337 g/mol. The molecule has 0 unspecified atom stereocenters. The fourth-order valence-electron chi connectivity index (χ4n) is 1.91. The number of hydrogen-bond acceptors (Lipinski definition) is 6. The molecule has 0 aromatic heterocycles. The SMILES string of the molecule is CN1CCN(NS(=O)(=O)c2cccc(S(=O)(=O)F)c2)CC1. The van der Waals surface area contributed by atoms with E-state index < -0.39 is 25.1 Å². The third kappa shape index (κ3) is 4.20. The fraction of sp³-hybridized carbons (Fsp3) is 0.455. The largest absolute Gasteiger partial charge is 0.332 e. The first-order chi connectivity index (χ1) is 9.68. The maximum Gasteiger partial charge on any atom is 0.332 e. The van der Waals surface area contributed by atoms with Crippen LogP contribution in [0.15, 0.2) is 34.1 Å². The quantitative estimate of drug-likeness (QED) is 0.765. The lowest BCUT2D eigenvalue weighted by atomic mass is 10.4. The van der Waals surface area contributed by atoms with Crippen molar-refractivity contribution < 1.29 is 20.7 Å². The number of nitrogens with zero attached hydrogens (tertiary/aromatic N) is 2. The molecule has 1 saturated heterocycles. The number of likely N-dealkylation sites (N-methyl/N-ethyl adjacent to an activating group) is 1. The zero-order valence-electron chi connectivity index (χ0n) is 11.4. The minimum absolute atomic E-state index is 0.292. The number of sulfonamides is 1. The van der Waals surface area contributed by atoms with Gasteiger partial charge in [0.1, 0.15) is 0 Å². The molecule has 1 aromatic carbocycles. The van der Waals surface area contributed by atoms with E-state index in [1.165, 1.54) is 17.1 Å². The Morgan fingerprint density at radius 1 is 1.05 bits per heavy atom. The first-order valence-electron chi connectivity index (χ1n) is 6.19. The summed E-state index contributed by atoms with van der Waals surface area (Å²) in [5.74, 6) is 0. The van der Waals surface area contributed by atoms with Crippen molar-refractivity contribution in [1.82, 2.24) is 14.7 Å². The van der Waals surface area contributed by atoms with Crippen LogP contribution in [0, 0.1) is 0 Å². The van der Waals surface area contributed by atoms with Crippen molar-refractivity contribution in [3.63, 3.8) is 0 Å². The van der Waals surface area contributed by atoms with Crippen LogP contribution >= 0.6 is 0 Å². The number of rotatable bonds is 4. The number of benzene rings is 1. The van der Waals surface area contributed by atoms with Crippen molar-refractivity contribution in [2.75, 3.05) is 33.2 Å². The number of piperazine rings is 1. The summed E-state index contributed by atoms with van der Waals surface area (Å²) < 4.78 is 59.0. The van der Waals surface area contributed by atoms with E-state index >= 15 is 0 Å². The van der Waals surface area contributed by atoms with Crippen LogP contribution < -0.4 is 4.83 Å². The van der Waals surface area contributed by atoms with Gasteiger partial charge >= 0.3 is 10.2 Å². The molecule has 1 N–H and O–H groups in total. The van der Waals surface area contributed by atoms with E-state index in [1.54, 1.807) is 0 Å². The lowest BCUT2D eigenvalue weighted by Crippen LogP contribution is -2.52. The van der Waals surface area contributed by atoms with E-state index in [2.05, 4.69) is 9.73 Å². The van der Waals surface area contributed by atoms with Gasteiger partial charge in [-0.3, -0.25) is 0 Å². The summed E-state index contributed by atoms with van der Waals surface area (Å²) in [6, 6.07) is 4.20. The second-order valence-corrected chi connectivity index (χ2v) is 7.81. The number of hydrogen-bond donors (Lipinski definition) is 1. The summed E-state index contributed by atoms with van der Waals surface area (Å²) in [6.45, 7) is 2.44. The summed E-state index contributed by atoms with van der Waals surface area (Å²) in [4.78, 5) is 3.46. The Hall–Kier alpha value is -1.07. The third-order valence-corrected chi connectivity index (χ3v) is 5.34.